The van der Waals surface area contributed by atoms with E-state index in [1.165, 1.54) is 76.2 Å². The maximum atomic E-state index is 14.7. The van der Waals surface area contributed by atoms with Gasteiger partial charge in [-0.3, -0.25) is 4.98 Å². The summed E-state index contributed by atoms with van der Waals surface area (Å²) in [5, 5.41) is 0. The molecule has 0 spiro atoms. The highest BCUT2D eigenvalue weighted by Gasteiger charge is 2.22. The average Bonchev–Trinajstić information content (AvgIpc) is 2.78. The molecule has 0 bridgehead atoms. The molecule has 2 aromatic rings. The third-order valence-electron chi connectivity index (χ3n) is 6.95. The maximum Gasteiger partial charge on any atom is 0.132 e. The first-order chi connectivity index (χ1) is 14.7. The number of aromatic nitrogens is 1. The molecule has 0 aliphatic heterocycles. The van der Waals surface area contributed by atoms with Crippen molar-refractivity contribution in [3.63, 3.8) is 0 Å². The minimum absolute atomic E-state index is 0.141. The molecular formula is C28H40FN. The van der Waals surface area contributed by atoms with E-state index in [0.717, 1.165) is 30.0 Å². The Kier molecular flexibility index (Phi) is 9.36. The second kappa shape index (κ2) is 12.2. The van der Waals surface area contributed by atoms with Gasteiger partial charge >= 0.3 is 0 Å². The van der Waals surface area contributed by atoms with Gasteiger partial charge in [-0.15, -0.1) is 0 Å². The molecule has 1 aromatic carbocycles. The van der Waals surface area contributed by atoms with Gasteiger partial charge in [-0.25, -0.2) is 4.39 Å². The molecule has 2 heteroatoms. The number of aryl methyl sites for hydroxylation is 1. The molecule has 0 radical (unpaired) electrons. The second-order valence-electron chi connectivity index (χ2n) is 9.32. The Balaban J connectivity index is 1.54. The SMILES string of the molecule is CCCCCCCc1ccc(-c2ccc(C3CCC(CCCC)CC3)cn2)c(F)c1. The van der Waals surface area contributed by atoms with Crippen molar-refractivity contribution >= 4 is 0 Å². The minimum atomic E-state index is -0.141. The summed E-state index contributed by atoms with van der Waals surface area (Å²) >= 11 is 0. The molecule has 164 valence electrons. The fourth-order valence-corrected chi connectivity index (χ4v) is 4.94. The van der Waals surface area contributed by atoms with Crippen LogP contribution in [0.4, 0.5) is 4.39 Å². The standard InChI is InChI=1S/C28H40FN/c1-3-5-7-8-9-11-23-14-18-26(27(29)20-23)28-19-17-25(21-30-28)24-15-12-22(13-16-24)10-6-4-2/h14,17-22,24H,3-13,15-16H2,1-2H3. The van der Waals surface area contributed by atoms with Gasteiger partial charge in [-0.1, -0.05) is 70.9 Å². The molecule has 0 saturated heterocycles. The lowest BCUT2D eigenvalue weighted by Crippen LogP contribution is -2.13. The van der Waals surface area contributed by atoms with Crippen molar-refractivity contribution in [3.05, 3.63) is 53.5 Å². The Labute approximate surface area is 183 Å². The fraction of sp³-hybridized carbons (Fsp3) is 0.607. The van der Waals surface area contributed by atoms with Crippen LogP contribution < -0.4 is 0 Å². The first kappa shape index (κ1) is 23.0. The van der Waals surface area contributed by atoms with E-state index in [2.05, 4.69) is 31.0 Å². The predicted molar refractivity (Wildman–Crippen MR) is 126 cm³/mol. The van der Waals surface area contributed by atoms with E-state index in [4.69, 9.17) is 0 Å². The molecule has 1 saturated carbocycles. The van der Waals surface area contributed by atoms with E-state index in [9.17, 15) is 4.39 Å². The molecule has 1 fully saturated rings. The lowest BCUT2D eigenvalue weighted by Gasteiger charge is -2.28. The van der Waals surface area contributed by atoms with Crippen LogP contribution in [-0.4, -0.2) is 4.98 Å². The maximum absolute atomic E-state index is 14.7. The molecule has 1 nitrogen and oxygen atoms in total. The molecule has 3 rings (SSSR count). The Morgan fingerprint density at radius 3 is 2.30 bits per heavy atom. The van der Waals surface area contributed by atoms with E-state index in [1.54, 1.807) is 6.07 Å². The normalized spacial score (nSPS) is 19.2. The molecule has 0 amide bonds. The van der Waals surface area contributed by atoms with Crippen molar-refractivity contribution in [1.29, 1.82) is 0 Å². The van der Waals surface area contributed by atoms with E-state index in [1.807, 2.05) is 18.3 Å². The number of halogens is 1. The van der Waals surface area contributed by atoms with Crippen molar-refractivity contribution in [3.8, 4) is 11.3 Å². The van der Waals surface area contributed by atoms with Gasteiger partial charge in [0.1, 0.15) is 5.82 Å². The monoisotopic (exact) mass is 409 g/mol. The van der Waals surface area contributed by atoms with Gasteiger partial charge in [0, 0.05) is 11.8 Å². The number of unbranched alkanes of at least 4 members (excludes halogenated alkanes) is 5. The molecule has 0 unspecified atom stereocenters. The van der Waals surface area contributed by atoms with Gasteiger partial charge in [0.2, 0.25) is 0 Å². The lowest BCUT2D eigenvalue weighted by atomic mass is 9.77. The third-order valence-corrected chi connectivity index (χ3v) is 6.95. The first-order valence-electron chi connectivity index (χ1n) is 12.5. The summed E-state index contributed by atoms with van der Waals surface area (Å²) in [6.07, 6.45) is 18.5. The van der Waals surface area contributed by atoms with Crippen molar-refractivity contribution in [2.45, 2.75) is 103 Å². The highest BCUT2D eigenvalue weighted by atomic mass is 19.1. The molecule has 0 atom stereocenters. The third kappa shape index (κ3) is 6.65. The van der Waals surface area contributed by atoms with Gasteiger partial charge < -0.3 is 0 Å². The largest absolute Gasteiger partial charge is 0.256 e. The molecule has 1 heterocycles. The van der Waals surface area contributed by atoms with E-state index in [0.29, 0.717) is 11.5 Å². The highest BCUT2D eigenvalue weighted by molar-refractivity contribution is 5.60. The summed E-state index contributed by atoms with van der Waals surface area (Å²) < 4.78 is 14.7. The number of rotatable bonds is 11. The molecule has 1 aliphatic carbocycles. The highest BCUT2D eigenvalue weighted by Crippen LogP contribution is 2.38. The first-order valence-corrected chi connectivity index (χ1v) is 12.5. The average molecular weight is 410 g/mol. The number of nitrogens with zero attached hydrogens (tertiary/aromatic N) is 1. The van der Waals surface area contributed by atoms with Crippen LogP contribution in [0.2, 0.25) is 0 Å². The van der Waals surface area contributed by atoms with Crippen LogP contribution in [0.5, 0.6) is 0 Å². The van der Waals surface area contributed by atoms with Crippen LogP contribution in [0.3, 0.4) is 0 Å². The van der Waals surface area contributed by atoms with Crippen molar-refractivity contribution in [2.75, 3.05) is 0 Å². The molecular weight excluding hydrogens is 369 g/mol. The Bertz CT molecular complexity index is 744. The lowest BCUT2D eigenvalue weighted by molar-refractivity contribution is 0.304. The zero-order valence-corrected chi connectivity index (χ0v) is 19.1. The zero-order chi connectivity index (χ0) is 21.2. The number of hydrogen-bond donors (Lipinski definition) is 0. The fourth-order valence-electron chi connectivity index (χ4n) is 4.94. The number of hydrogen-bond acceptors (Lipinski definition) is 1. The Morgan fingerprint density at radius 2 is 1.63 bits per heavy atom. The van der Waals surface area contributed by atoms with E-state index < -0.39 is 0 Å². The molecule has 1 aromatic heterocycles. The summed E-state index contributed by atoms with van der Waals surface area (Å²) in [5.41, 5.74) is 3.81. The second-order valence-corrected chi connectivity index (χ2v) is 9.32. The summed E-state index contributed by atoms with van der Waals surface area (Å²) in [6, 6.07) is 9.90. The van der Waals surface area contributed by atoms with Gasteiger partial charge in [0.25, 0.3) is 0 Å². The van der Waals surface area contributed by atoms with Gasteiger partial charge in [-0.2, -0.15) is 0 Å². The topological polar surface area (TPSA) is 12.9 Å². The van der Waals surface area contributed by atoms with Gasteiger partial charge in [-0.05, 0) is 79.7 Å². The summed E-state index contributed by atoms with van der Waals surface area (Å²) in [4.78, 5) is 4.64. The number of benzene rings is 1. The van der Waals surface area contributed by atoms with Crippen molar-refractivity contribution in [2.24, 2.45) is 5.92 Å². The van der Waals surface area contributed by atoms with Gasteiger partial charge in [0.15, 0.2) is 0 Å². The quantitative estimate of drug-likeness (QED) is 0.338. The summed E-state index contributed by atoms with van der Waals surface area (Å²) in [7, 11) is 0. The van der Waals surface area contributed by atoms with Gasteiger partial charge in [0.05, 0.1) is 5.69 Å². The van der Waals surface area contributed by atoms with Crippen LogP contribution in [0.1, 0.15) is 108 Å². The van der Waals surface area contributed by atoms with E-state index in [-0.39, 0.29) is 5.82 Å². The van der Waals surface area contributed by atoms with Crippen LogP contribution in [0.15, 0.2) is 36.5 Å². The molecule has 0 N–H and O–H groups in total. The summed E-state index contributed by atoms with van der Waals surface area (Å²) in [6.45, 7) is 4.51. The number of pyridine rings is 1. The molecule has 30 heavy (non-hydrogen) atoms. The Morgan fingerprint density at radius 1 is 0.867 bits per heavy atom. The summed E-state index contributed by atoms with van der Waals surface area (Å²) in [5.74, 6) is 1.41. The zero-order valence-electron chi connectivity index (χ0n) is 19.1. The van der Waals surface area contributed by atoms with Crippen LogP contribution in [-0.2, 0) is 6.42 Å². The predicted octanol–water partition coefficient (Wildman–Crippen LogP) is 8.86. The van der Waals surface area contributed by atoms with E-state index >= 15 is 0 Å². The van der Waals surface area contributed by atoms with Crippen LogP contribution in [0, 0.1) is 11.7 Å². The smallest absolute Gasteiger partial charge is 0.132 e. The van der Waals surface area contributed by atoms with Crippen LogP contribution >= 0.6 is 0 Å². The van der Waals surface area contributed by atoms with Crippen LogP contribution in [0.25, 0.3) is 11.3 Å². The minimum Gasteiger partial charge on any atom is -0.256 e. The molecule has 1 aliphatic rings. The van der Waals surface area contributed by atoms with Crippen molar-refractivity contribution < 1.29 is 4.39 Å². The Hall–Kier alpha value is -1.70. The van der Waals surface area contributed by atoms with Crippen molar-refractivity contribution in [1.82, 2.24) is 4.98 Å².